The van der Waals surface area contributed by atoms with Crippen LogP contribution in [-0.2, 0) is 34.9 Å². The summed E-state index contributed by atoms with van der Waals surface area (Å²) in [4.78, 5) is 28.7. The van der Waals surface area contributed by atoms with Crippen LogP contribution in [0.2, 0.25) is 0 Å². The van der Waals surface area contributed by atoms with E-state index in [1.54, 1.807) is 12.1 Å². The SMILES string of the molecule is Cc1ccc(S(=O)(=O)OC[C@H]2Cn3c(nc4c3c(=O)n(C)c(=O)n4C)O2)cc1. The Balaban J connectivity index is 1.57. The number of ether oxygens (including phenoxy) is 1. The van der Waals surface area contributed by atoms with Crippen molar-refractivity contribution in [2.24, 2.45) is 14.1 Å². The molecular formula is C17H18N4O6S. The molecule has 148 valence electrons. The van der Waals surface area contributed by atoms with Gasteiger partial charge in [-0.05, 0) is 19.1 Å². The summed E-state index contributed by atoms with van der Waals surface area (Å²) in [5.41, 5.74) is 0.400. The molecule has 0 saturated carbocycles. The third-order valence-electron chi connectivity index (χ3n) is 4.69. The molecule has 1 aliphatic heterocycles. The molecule has 11 heteroatoms. The van der Waals surface area contributed by atoms with Crippen molar-refractivity contribution in [1.82, 2.24) is 18.7 Å². The molecule has 0 saturated heterocycles. The van der Waals surface area contributed by atoms with Gasteiger partial charge in [-0.1, -0.05) is 17.7 Å². The van der Waals surface area contributed by atoms with Gasteiger partial charge in [-0.25, -0.2) is 4.79 Å². The summed E-state index contributed by atoms with van der Waals surface area (Å²) in [6, 6.07) is 6.47. The van der Waals surface area contributed by atoms with Gasteiger partial charge < -0.3 is 4.74 Å². The van der Waals surface area contributed by atoms with Crippen molar-refractivity contribution in [3.8, 4) is 6.01 Å². The van der Waals surface area contributed by atoms with Crippen LogP contribution < -0.4 is 16.0 Å². The maximum Gasteiger partial charge on any atom is 0.332 e. The summed E-state index contributed by atoms with van der Waals surface area (Å²) in [7, 11) is -1.03. The van der Waals surface area contributed by atoms with E-state index in [0.717, 1.165) is 10.1 Å². The molecule has 2 aromatic heterocycles. The van der Waals surface area contributed by atoms with E-state index >= 15 is 0 Å². The van der Waals surface area contributed by atoms with Crippen molar-refractivity contribution in [3.63, 3.8) is 0 Å². The van der Waals surface area contributed by atoms with Gasteiger partial charge in [-0.3, -0.25) is 22.7 Å². The van der Waals surface area contributed by atoms with Crippen molar-refractivity contribution in [2.45, 2.75) is 24.5 Å². The average Bonchev–Trinajstić information content (AvgIpc) is 3.21. The maximum atomic E-state index is 12.5. The summed E-state index contributed by atoms with van der Waals surface area (Å²) in [5.74, 6) is 0. The first-order valence-corrected chi connectivity index (χ1v) is 9.89. The molecule has 4 rings (SSSR count). The van der Waals surface area contributed by atoms with Crippen LogP contribution in [0.5, 0.6) is 6.01 Å². The van der Waals surface area contributed by atoms with Crippen LogP contribution in [-0.4, -0.2) is 39.8 Å². The molecule has 0 unspecified atom stereocenters. The number of fused-ring (bicyclic) bond motifs is 3. The highest BCUT2D eigenvalue weighted by Crippen LogP contribution is 2.26. The van der Waals surface area contributed by atoms with Crippen LogP contribution in [0.15, 0.2) is 38.8 Å². The van der Waals surface area contributed by atoms with E-state index in [9.17, 15) is 18.0 Å². The van der Waals surface area contributed by atoms with Crippen molar-refractivity contribution in [1.29, 1.82) is 0 Å². The number of imidazole rings is 1. The Morgan fingerprint density at radius 2 is 1.86 bits per heavy atom. The van der Waals surface area contributed by atoms with Crippen molar-refractivity contribution in [2.75, 3.05) is 6.61 Å². The number of aryl methyl sites for hydroxylation is 2. The Morgan fingerprint density at radius 3 is 2.54 bits per heavy atom. The highest BCUT2D eigenvalue weighted by atomic mass is 32.2. The topological polar surface area (TPSA) is 114 Å². The van der Waals surface area contributed by atoms with Gasteiger partial charge in [-0.15, -0.1) is 0 Å². The van der Waals surface area contributed by atoms with Crippen LogP contribution in [0.4, 0.5) is 0 Å². The van der Waals surface area contributed by atoms with Gasteiger partial charge in [0.1, 0.15) is 12.7 Å². The number of hydrogen-bond acceptors (Lipinski definition) is 7. The molecule has 0 N–H and O–H groups in total. The van der Waals surface area contributed by atoms with E-state index in [1.165, 1.54) is 35.4 Å². The zero-order valence-electron chi connectivity index (χ0n) is 15.4. The minimum absolute atomic E-state index is 0.0585. The largest absolute Gasteiger partial charge is 0.457 e. The molecule has 0 fully saturated rings. The van der Waals surface area contributed by atoms with Crippen LogP contribution in [0.1, 0.15) is 5.56 Å². The number of aromatic nitrogens is 4. The minimum atomic E-state index is -3.93. The molecule has 1 atom stereocenters. The smallest absolute Gasteiger partial charge is 0.332 e. The lowest BCUT2D eigenvalue weighted by Crippen LogP contribution is -2.37. The van der Waals surface area contributed by atoms with E-state index in [4.69, 9.17) is 8.92 Å². The molecule has 0 radical (unpaired) electrons. The molecule has 3 heterocycles. The first-order chi connectivity index (χ1) is 13.2. The fraction of sp³-hybridized carbons (Fsp3) is 0.353. The second kappa shape index (κ2) is 6.31. The second-order valence-electron chi connectivity index (χ2n) is 6.67. The number of hydrogen-bond donors (Lipinski definition) is 0. The molecular weight excluding hydrogens is 388 g/mol. The van der Waals surface area contributed by atoms with Gasteiger partial charge in [0.05, 0.1) is 11.4 Å². The predicted octanol–water partition coefficient (Wildman–Crippen LogP) is -0.0914. The molecule has 1 aliphatic rings. The third kappa shape index (κ3) is 2.83. The third-order valence-corrected chi connectivity index (χ3v) is 5.99. The Labute approximate surface area is 159 Å². The van der Waals surface area contributed by atoms with Gasteiger partial charge in [0.25, 0.3) is 21.7 Å². The number of rotatable bonds is 4. The number of benzene rings is 1. The zero-order chi connectivity index (χ0) is 20.2. The lowest BCUT2D eigenvalue weighted by atomic mass is 10.2. The van der Waals surface area contributed by atoms with Crippen LogP contribution >= 0.6 is 0 Å². The van der Waals surface area contributed by atoms with Crippen LogP contribution in [0.3, 0.4) is 0 Å². The maximum absolute atomic E-state index is 12.5. The van der Waals surface area contributed by atoms with Crippen molar-refractivity contribution >= 4 is 21.3 Å². The molecule has 3 aromatic rings. The van der Waals surface area contributed by atoms with Gasteiger partial charge >= 0.3 is 5.69 Å². The lowest BCUT2D eigenvalue weighted by Gasteiger charge is -2.11. The van der Waals surface area contributed by atoms with Gasteiger partial charge in [0.15, 0.2) is 11.2 Å². The monoisotopic (exact) mass is 406 g/mol. The molecule has 0 bridgehead atoms. The van der Waals surface area contributed by atoms with Gasteiger partial charge in [0.2, 0.25) is 0 Å². The van der Waals surface area contributed by atoms with E-state index in [-0.39, 0.29) is 35.2 Å². The molecule has 1 aromatic carbocycles. The Bertz CT molecular complexity index is 1300. The molecule has 0 amide bonds. The predicted molar refractivity (Wildman–Crippen MR) is 98.9 cm³/mol. The quantitative estimate of drug-likeness (QED) is 0.556. The molecule has 10 nitrogen and oxygen atoms in total. The average molecular weight is 406 g/mol. The highest BCUT2D eigenvalue weighted by molar-refractivity contribution is 7.86. The summed E-state index contributed by atoms with van der Waals surface area (Å²) in [6.07, 6.45) is -0.630. The van der Waals surface area contributed by atoms with E-state index < -0.39 is 27.5 Å². The summed E-state index contributed by atoms with van der Waals surface area (Å²) in [5, 5.41) is 0. The molecule has 0 aliphatic carbocycles. The first-order valence-electron chi connectivity index (χ1n) is 8.48. The number of nitrogens with zero attached hydrogens (tertiary/aromatic N) is 4. The Hall–Kier alpha value is -2.92. The van der Waals surface area contributed by atoms with E-state index in [0.29, 0.717) is 0 Å². The minimum Gasteiger partial charge on any atom is -0.457 e. The Morgan fingerprint density at radius 1 is 1.18 bits per heavy atom. The summed E-state index contributed by atoms with van der Waals surface area (Å²) in [6.45, 7) is 1.81. The fourth-order valence-corrected chi connectivity index (χ4v) is 4.04. The first kappa shape index (κ1) is 18.4. The van der Waals surface area contributed by atoms with Gasteiger partial charge in [-0.2, -0.15) is 13.4 Å². The normalized spacial score (nSPS) is 16.3. The zero-order valence-corrected chi connectivity index (χ0v) is 16.3. The van der Waals surface area contributed by atoms with E-state index in [1.807, 2.05) is 6.92 Å². The highest BCUT2D eigenvalue weighted by Gasteiger charge is 2.31. The molecule has 28 heavy (non-hydrogen) atoms. The van der Waals surface area contributed by atoms with Crippen molar-refractivity contribution < 1.29 is 17.3 Å². The van der Waals surface area contributed by atoms with Gasteiger partial charge in [0, 0.05) is 14.1 Å². The van der Waals surface area contributed by atoms with Crippen LogP contribution in [0.25, 0.3) is 11.2 Å². The van der Waals surface area contributed by atoms with E-state index in [2.05, 4.69) is 4.98 Å². The second-order valence-corrected chi connectivity index (χ2v) is 8.29. The van der Waals surface area contributed by atoms with Crippen LogP contribution in [0, 0.1) is 6.92 Å². The standard InChI is InChI=1S/C17H18N4O6S/c1-10-4-6-12(7-5-10)28(24,25)26-9-11-8-21-13-14(18-16(21)27-11)19(2)17(23)20(3)15(13)22/h4-7,11H,8-9H2,1-3H3/t11-/m1/s1. The lowest BCUT2D eigenvalue weighted by molar-refractivity contribution is 0.147. The van der Waals surface area contributed by atoms with Crippen molar-refractivity contribution in [3.05, 3.63) is 50.7 Å². The summed E-state index contributed by atoms with van der Waals surface area (Å²) < 4.78 is 39.2. The fourth-order valence-electron chi connectivity index (χ4n) is 3.10. The Kier molecular flexibility index (Phi) is 4.16. The summed E-state index contributed by atoms with van der Waals surface area (Å²) >= 11 is 0. The molecule has 0 spiro atoms.